The zero-order chi connectivity index (χ0) is 21.8. The number of benzene rings is 2. The number of aromatic nitrogens is 4. The van der Waals surface area contributed by atoms with Crippen molar-refractivity contribution in [3.8, 4) is 5.69 Å². The molecule has 0 fully saturated rings. The van der Waals surface area contributed by atoms with Gasteiger partial charge in [-0.05, 0) is 64.7 Å². The third-order valence-electron chi connectivity index (χ3n) is 4.47. The maximum Gasteiger partial charge on any atom is 0.261 e. The van der Waals surface area contributed by atoms with Crippen molar-refractivity contribution in [3.63, 3.8) is 0 Å². The van der Waals surface area contributed by atoms with E-state index in [1.807, 2.05) is 11.4 Å². The highest BCUT2D eigenvalue weighted by molar-refractivity contribution is 7.12. The summed E-state index contributed by atoms with van der Waals surface area (Å²) >= 11 is 1.37. The van der Waals surface area contributed by atoms with E-state index in [0.29, 0.717) is 28.5 Å². The highest BCUT2D eigenvalue weighted by Crippen LogP contribution is 2.19. The molecule has 2 amide bonds. The van der Waals surface area contributed by atoms with Crippen LogP contribution < -0.4 is 10.6 Å². The number of thiophene rings is 1. The van der Waals surface area contributed by atoms with Crippen LogP contribution in [0.15, 0.2) is 60.0 Å². The molecule has 4 rings (SSSR count). The molecule has 0 aliphatic rings. The number of halogens is 1. The van der Waals surface area contributed by atoms with E-state index in [4.69, 9.17) is 0 Å². The minimum absolute atomic E-state index is 0.136. The van der Waals surface area contributed by atoms with Crippen molar-refractivity contribution in [1.82, 2.24) is 25.5 Å². The Morgan fingerprint density at radius 3 is 2.58 bits per heavy atom. The van der Waals surface area contributed by atoms with Crippen molar-refractivity contribution in [3.05, 3.63) is 87.6 Å². The lowest BCUT2D eigenvalue weighted by molar-refractivity contribution is 0.0953. The second-order valence-electron chi connectivity index (χ2n) is 6.62. The van der Waals surface area contributed by atoms with Crippen molar-refractivity contribution in [1.29, 1.82) is 0 Å². The van der Waals surface area contributed by atoms with E-state index >= 15 is 0 Å². The molecule has 156 valence electrons. The molecule has 0 bridgehead atoms. The van der Waals surface area contributed by atoms with Gasteiger partial charge in [-0.15, -0.1) is 16.4 Å². The first-order valence-corrected chi connectivity index (χ1v) is 10.2. The summed E-state index contributed by atoms with van der Waals surface area (Å²) in [6.07, 6.45) is 0. The van der Waals surface area contributed by atoms with Crippen molar-refractivity contribution >= 4 is 28.8 Å². The summed E-state index contributed by atoms with van der Waals surface area (Å²) in [6, 6.07) is 14.6. The van der Waals surface area contributed by atoms with Crippen molar-refractivity contribution in [2.24, 2.45) is 0 Å². The second kappa shape index (κ2) is 8.84. The smallest absolute Gasteiger partial charge is 0.261 e. The van der Waals surface area contributed by atoms with E-state index in [9.17, 15) is 14.0 Å². The monoisotopic (exact) mass is 436 g/mol. The number of tetrazole rings is 1. The highest BCUT2D eigenvalue weighted by atomic mass is 32.1. The van der Waals surface area contributed by atoms with Gasteiger partial charge < -0.3 is 10.6 Å². The zero-order valence-electron chi connectivity index (χ0n) is 16.4. The van der Waals surface area contributed by atoms with Crippen LogP contribution in [0.25, 0.3) is 5.69 Å². The number of hydrogen-bond acceptors (Lipinski definition) is 6. The van der Waals surface area contributed by atoms with Crippen LogP contribution in [0.4, 0.5) is 10.1 Å². The van der Waals surface area contributed by atoms with E-state index in [1.54, 1.807) is 37.3 Å². The number of rotatable bonds is 6. The Hall–Kier alpha value is -3.92. The Kier molecular flexibility index (Phi) is 5.80. The molecular weight excluding hydrogens is 419 g/mol. The Balaban J connectivity index is 1.41. The van der Waals surface area contributed by atoms with Crippen LogP contribution in [0.3, 0.4) is 0 Å². The number of amides is 2. The largest absolute Gasteiger partial charge is 0.347 e. The minimum Gasteiger partial charge on any atom is -0.347 e. The fourth-order valence-electron chi connectivity index (χ4n) is 2.86. The van der Waals surface area contributed by atoms with Crippen molar-refractivity contribution in [2.75, 3.05) is 5.32 Å². The highest BCUT2D eigenvalue weighted by Gasteiger charge is 2.13. The molecule has 2 N–H and O–H groups in total. The molecule has 0 saturated heterocycles. The third-order valence-corrected chi connectivity index (χ3v) is 5.34. The molecule has 0 radical (unpaired) electrons. The van der Waals surface area contributed by atoms with Crippen LogP contribution in [0.1, 0.15) is 31.4 Å². The molecule has 4 aromatic rings. The molecule has 2 aromatic carbocycles. The SMILES string of the molecule is Cc1nnnn1-c1cc(NC(=O)c2ccc(CNC(=O)c3cccs3)cc2)ccc1F. The van der Waals surface area contributed by atoms with E-state index in [2.05, 4.69) is 26.2 Å². The molecule has 0 atom stereocenters. The number of nitrogens with one attached hydrogen (secondary N) is 2. The number of nitrogens with zero attached hydrogens (tertiary/aromatic N) is 4. The lowest BCUT2D eigenvalue weighted by Crippen LogP contribution is -2.21. The maximum absolute atomic E-state index is 14.2. The Bertz CT molecular complexity index is 1220. The van der Waals surface area contributed by atoms with Gasteiger partial charge in [-0.3, -0.25) is 9.59 Å². The predicted molar refractivity (Wildman–Crippen MR) is 114 cm³/mol. The molecule has 10 heteroatoms. The van der Waals surface area contributed by atoms with Crippen LogP contribution in [-0.2, 0) is 6.54 Å². The van der Waals surface area contributed by atoms with Gasteiger partial charge in [0.25, 0.3) is 11.8 Å². The van der Waals surface area contributed by atoms with E-state index < -0.39 is 5.82 Å². The summed E-state index contributed by atoms with van der Waals surface area (Å²) in [5, 5.41) is 18.4. The maximum atomic E-state index is 14.2. The molecule has 8 nitrogen and oxygen atoms in total. The van der Waals surface area contributed by atoms with Gasteiger partial charge in [0.1, 0.15) is 11.5 Å². The minimum atomic E-state index is -0.512. The number of carbonyl (C=O) groups excluding carboxylic acids is 2. The van der Waals surface area contributed by atoms with Crippen LogP contribution in [-0.4, -0.2) is 32.0 Å². The first-order chi connectivity index (χ1) is 15.0. The normalized spacial score (nSPS) is 10.6. The predicted octanol–water partition coefficient (Wildman–Crippen LogP) is 3.35. The second-order valence-corrected chi connectivity index (χ2v) is 7.56. The van der Waals surface area contributed by atoms with Crippen LogP contribution >= 0.6 is 11.3 Å². The third kappa shape index (κ3) is 4.64. The molecule has 31 heavy (non-hydrogen) atoms. The number of anilines is 1. The quantitative estimate of drug-likeness (QED) is 0.483. The van der Waals surface area contributed by atoms with Gasteiger partial charge in [0, 0.05) is 17.8 Å². The molecule has 2 aromatic heterocycles. The van der Waals surface area contributed by atoms with E-state index in [-0.39, 0.29) is 17.5 Å². The first-order valence-electron chi connectivity index (χ1n) is 9.28. The average Bonchev–Trinajstić information content (AvgIpc) is 3.46. The van der Waals surface area contributed by atoms with Gasteiger partial charge in [0.15, 0.2) is 5.82 Å². The zero-order valence-corrected chi connectivity index (χ0v) is 17.2. The fourth-order valence-corrected chi connectivity index (χ4v) is 3.50. The first kappa shape index (κ1) is 20.4. The summed E-state index contributed by atoms with van der Waals surface area (Å²) in [7, 11) is 0. The lowest BCUT2D eigenvalue weighted by Gasteiger charge is -2.09. The topological polar surface area (TPSA) is 102 Å². The summed E-state index contributed by atoms with van der Waals surface area (Å²) < 4.78 is 15.4. The molecular formula is C21H17FN6O2S. The standard InChI is InChI=1S/C21H17FN6O2S/c1-13-25-26-27-28(13)18-11-16(8-9-17(18)22)24-20(29)15-6-4-14(5-7-15)12-23-21(30)19-3-2-10-31-19/h2-11H,12H2,1H3,(H,23,30)(H,24,29). The van der Waals surface area contributed by atoms with Crippen LogP contribution in [0, 0.1) is 12.7 Å². The summed E-state index contributed by atoms with van der Waals surface area (Å²) in [5.41, 5.74) is 1.83. The number of carbonyl (C=O) groups is 2. The molecule has 0 spiro atoms. The van der Waals surface area contributed by atoms with Gasteiger partial charge in [-0.2, -0.15) is 4.68 Å². The van der Waals surface area contributed by atoms with Crippen LogP contribution in [0.5, 0.6) is 0 Å². The molecule has 0 aliphatic heterocycles. The van der Waals surface area contributed by atoms with Crippen molar-refractivity contribution in [2.45, 2.75) is 13.5 Å². The molecule has 0 unspecified atom stereocenters. The van der Waals surface area contributed by atoms with Gasteiger partial charge in [0.05, 0.1) is 4.88 Å². The Morgan fingerprint density at radius 2 is 1.90 bits per heavy atom. The van der Waals surface area contributed by atoms with Gasteiger partial charge in [-0.25, -0.2) is 4.39 Å². The summed E-state index contributed by atoms with van der Waals surface area (Å²) in [4.78, 5) is 25.2. The fraction of sp³-hybridized carbons (Fsp3) is 0.0952. The van der Waals surface area contributed by atoms with Crippen molar-refractivity contribution < 1.29 is 14.0 Å². The molecule has 2 heterocycles. The summed E-state index contributed by atoms with van der Waals surface area (Å²) in [6.45, 7) is 2.00. The van der Waals surface area contributed by atoms with E-state index in [0.717, 1.165) is 5.56 Å². The van der Waals surface area contributed by atoms with Gasteiger partial charge >= 0.3 is 0 Å². The molecule has 0 saturated carbocycles. The molecule has 0 aliphatic carbocycles. The lowest BCUT2D eigenvalue weighted by atomic mass is 10.1. The Morgan fingerprint density at radius 1 is 1.10 bits per heavy atom. The average molecular weight is 436 g/mol. The van der Waals surface area contributed by atoms with Crippen LogP contribution in [0.2, 0.25) is 0 Å². The van der Waals surface area contributed by atoms with Gasteiger partial charge in [-0.1, -0.05) is 18.2 Å². The van der Waals surface area contributed by atoms with E-state index in [1.165, 1.54) is 34.2 Å². The Labute approximate surface area is 180 Å². The number of hydrogen-bond donors (Lipinski definition) is 2. The summed E-state index contributed by atoms with van der Waals surface area (Å²) in [5.74, 6) is -0.576. The number of aryl methyl sites for hydroxylation is 1. The van der Waals surface area contributed by atoms with Gasteiger partial charge in [0.2, 0.25) is 0 Å².